The van der Waals surface area contributed by atoms with Gasteiger partial charge in [0.25, 0.3) is 0 Å². The number of thioether (sulfide) groups is 1. The van der Waals surface area contributed by atoms with Crippen LogP contribution in [-0.2, 0) is 9.53 Å². The summed E-state index contributed by atoms with van der Waals surface area (Å²) in [7, 11) is 0. The third-order valence-electron chi connectivity index (χ3n) is 4.82. The Hall–Kier alpha value is -0.0600. The number of aldehydes is 1. The van der Waals surface area contributed by atoms with Gasteiger partial charge < -0.3 is 14.4 Å². The molecule has 3 saturated heterocycles. The Labute approximate surface area is 114 Å². The standard InChI is InChI=1S/C14H23NO2S/c16-10-12-1-5-15(6-2-12)13-3-7-17-14(9-13)4-8-18-11-14/h10,12-13H,1-9,11H2. The van der Waals surface area contributed by atoms with E-state index in [0.29, 0.717) is 12.0 Å². The van der Waals surface area contributed by atoms with Gasteiger partial charge in [-0.15, -0.1) is 0 Å². The molecule has 0 N–H and O–H groups in total. The summed E-state index contributed by atoms with van der Waals surface area (Å²) in [4.78, 5) is 13.4. The van der Waals surface area contributed by atoms with Crippen molar-refractivity contribution >= 4 is 18.0 Å². The van der Waals surface area contributed by atoms with E-state index < -0.39 is 0 Å². The number of likely N-dealkylation sites (tertiary alicyclic amines) is 1. The van der Waals surface area contributed by atoms with Crippen molar-refractivity contribution in [1.82, 2.24) is 4.90 Å². The zero-order valence-electron chi connectivity index (χ0n) is 11.0. The van der Waals surface area contributed by atoms with E-state index in [4.69, 9.17) is 4.74 Å². The molecule has 18 heavy (non-hydrogen) atoms. The fourth-order valence-corrected chi connectivity index (χ4v) is 4.98. The maximum Gasteiger partial charge on any atom is 0.123 e. The quantitative estimate of drug-likeness (QED) is 0.717. The SMILES string of the molecule is O=CC1CCN(C2CCOC3(CCSC3)C2)CC1. The number of piperidine rings is 1. The van der Waals surface area contributed by atoms with Crippen molar-refractivity contribution in [1.29, 1.82) is 0 Å². The van der Waals surface area contributed by atoms with E-state index in [-0.39, 0.29) is 5.60 Å². The highest BCUT2D eigenvalue weighted by Gasteiger charge is 2.42. The van der Waals surface area contributed by atoms with Crippen LogP contribution in [0.5, 0.6) is 0 Å². The second kappa shape index (κ2) is 5.51. The third-order valence-corrected chi connectivity index (χ3v) is 6.04. The first kappa shape index (κ1) is 12.9. The number of ether oxygens (including phenoxy) is 1. The number of hydrogen-bond acceptors (Lipinski definition) is 4. The van der Waals surface area contributed by atoms with Crippen molar-refractivity contribution in [2.24, 2.45) is 5.92 Å². The van der Waals surface area contributed by atoms with Crippen molar-refractivity contribution < 1.29 is 9.53 Å². The molecular weight excluding hydrogens is 246 g/mol. The molecule has 0 aromatic rings. The minimum atomic E-state index is 0.190. The Kier molecular flexibility index (Phi) is 3.97. The van der Waals surface area contributed by atoms with Crippen molar-refractivity contribution in [2.45, 2.75) is 43.7 Å². The van der Waals surface area contributed by atoms with Crippen LogP contribution >= 0.6 is 11.8 Å². The van der Waals surface area contributed by atoms with Gasteiger partial charge in [-0.1, -0.05) is 0 Å². The van der Waals surface area contributed by atoms with Crippen LogP contribution in [0.25, 0.3) is 0 Å². The molecule has 1 spiro atoms. The van der Waals surface area contributed by atoms with Crippen molar-refractivity contribution in [3.05, 3.63) is 0 Å². The first-order valence-corrected chi connectivity index (χ1v) is 8.38. The molecule has 3 rings (SSSR count). The lowest BCUT2D eigenvalue weighted by atomic mass is 9.87. The molecule has 0 radical (unpaired) electrons. The number of rotatable bonds is 2. The maximum absolute atomic E-state index is 10.8. The van der Waals surface area contributed by atoms with Gasteiger partial charge in [0.05, 0.1) is 5.60 Å². The molecule has 3 fully saturated rings. The van der Waals surface area contributed by atoms with E-state index in [9.17, 15) is 4.79 Å². The lowest BCUT2D eigenvalue weighted by Gasteiger charge is -2.44. The second-order valence-corrected chi connectivity index (χ2v) is 7.10. The average Bonchev–Trinajstić information content (AvgIpc) is 2.87. The maximum atomic E-state index is 10.8. The lowest BCUT2D eigenvalue weighted by Crippen LogP contribution is -2.51. The van der Waals surface area contributed by atoms with Crippen LogP contribution in [0.4, 0.5) is 0 Å². The van der Waals surface area contributed by atoms with Gasteiger partial charge >= 0.3 is 0 Å². The van der Waals surface area contributed by atoms with Gasteiger partial charge in [0.1, 0.15) is 6.29 Å². The van der Waals surface area contributed by atoms with Gasteiger partial charge in [0.15, 0.2) is 0 Å². The van der Waals surface area contributed by atoms with Gasteiger partial charge in [-0.25, -0.2) is 0 Å². The molecular formula is C14H23NO2S. The molecule has 0 bridgehead atoms. The molecule has 3 aliphatic rings. The van der Waals surface area contributed by atoms with E-state index in [1.165, 1.54) is 30.8 Å². The fraction of sp³-hybridized carbons (Fsp3) is 0.929. The summed E-state index contributed by atoms with van der Waals surface area (Å²) in [6.45, 7) is 3.15. The number of carbonyl (C=O) groups excluding carboxylic acids is 1. The number of carbonyl (C=O) groups is 1. The van der Waals surface area contributed by atoms with Crippen LogP contribution < -0.4 is 0 Å². The van der Waals surface area contributed by atoms with Crippen LogP contribution in [0.1, 0.15) is 32.1 Å². The van der Waals surface area contributed by atoms with Crippen LogP contribution in [0, 0.1) is 5.92 Å². The predicted molar refractivity (Wildman–Crippen MR) is 74.0 cm³/mol. The Balaban J connectivity index is 1.57. The minimum Gasteiger partial charge on any atom is -0.374 e. The Bertz CT molecular complexity index is 296. The van der Waals surface area contributed by atoms with Gasteiger partial charge in [-0.2, -0.15) is 11.8 Å². The second-order valence-electron chi connectivity index (χ2n) is 5.99. The van der Waals surface area contributed by atoms with Crippen molar-refractivity contribution in [3.8, 4) is 0 Å². The number of nitrogens with zero attached hydrogens (tertiary/aromatic N) is 1. The normalized spacial score (nSPS) is 39.2. The highest BCUT2D eigenvalue weighted by molar-refractivity contribution is 7.99. The van der Waals surface area contributed by atoms with Crippen LogP contribution in [-0.4, -0.2) is 54.0 Å². The van der Waals surface area contributed by atoms with Crippen LogP contribution in [0.15, 0.2) is 0 Å². The average molecular weight is 269 g/mol. The van der Waals surface area contributed by atoms with Gasteiger partial charge in [0.2, 0.25) is 0 Å². The Morgan fingerprint density at radius 1 is 1.28 bits per heavy atom. The van der Waals surface area contributed by atoms with Gasteiger partial charge in [-0.3, -0.25) is 0 Å². The summed E-state index contributed by atoms with van der Waals surface area (Å²) < 4.78 is 6.09. The summed E-state index contributed by atoms with van der Waals surface area (Å²) in [5.74, 6) is 2.77. The Morgan fingerprint density at radius 2 is 2.11 bits per heavy atom. The first-order chi connectivity index (χ1) is 8.81. The molecule has 3 heterocycles. The molecule has 2 atom stereocenters. The summed E-state index contributed by atoms with van der Waals surface area (Å²) >= 11 is 2.04. The molecule has 4 heteroatoms. The molecule has 0 aliphatic carbocycles. The van der Waals surface area contributed by atoms with E-state index in [0.717, 1.165) is 38.8 Å². The first-order valence-electron chi connectivity index (χ1n) is 7.22. The number of hydrogen-bond donors (Lipinski definition) is 0. The molecule has 102 valence electrons. The van der Waals surface area contributed by atoms with E-state index >= 15 is 0 Å². The summed E-state index contributed by atoms with van der Waals surface area (Å²) in [5.41, 5.74) is 0.190. The van der Waals surface area contributed by atoms with Crippen molar-refractivity contribution in [2.75, 3.05) is 31.2 Å². The van der Waals surface area contributed by atoms with Crippen LogP contribution in [0.2, 0.25) is 0 Å². The van der Waals surface area contributed by atoms with E-state index in [1.807, 2.05) is 11.8 Å². The lowest BCUT2D eigenvalue weighted by molar-refractivity contribution is -0.114. The van der Waals surface area contributed by atoms with E-state index in [2.05, 4.69) is 4.90 Å². The summed E-state index contributed by atoms with van der Waals surface area (Å²) in [5, 5.41) is 0. The smallest absolute Gasteiger partial charge is 0.123 e. The zero-order valence-corrected chi connectivity index (χ0v) is 11.8. The highest BCUT2D eigenvalue weighted by Crippen LogP contribution is 2.40. The summed E-state index contributed by atoms with van der Waals surface area (Å²) in [6.07, 6.45) is 6.89. The highest BCUT2D eigenvalue weighted by atomic mass is 32.2. The topological polar surface area (TPSA) is 29.5 Å². The fourth-order valence-electron chi connectivity index (χ4n) is 3.60. The Morgan fingerprint density at radius 3 is 2.78 bits per heavy atom. The molecule has 3 aliphatic heterocycles. The van der Waals surface area contributed by atoms with Gasteiger partial charge in [-0.05, 0) is 50.9 Å². The molecule has 2 unspecified atom stereocenters. The van der Waals surface area contributed by atoms with Crippen molar-refractivity contribution in [3.63, 3.8) is 0 Å². The predicted octanol–water partition coefficient (Wildman–Crippen LogP) is 1.95. The molecule has 0 aromatic heterocycles. The molecule has 0 amide bonds. The molecule has 0 saturated carbocycles. The van der Waals surface area contributed by atoms with Crippen LogP contribution in [0.3, 0.4) is 0 Å². The monoisotopic (exact) mass is 269 g/mol. The van der Waals surface area contributed by atoms with E-state index in [1.54, 1.807) is 0 Å². The third kappa shape index (κ3) is 2.61. The summed E-state index contributed by atoms with van der Waals surface area (Å²) in [6, 6.07) is 0.699. The van der Waals surface area contributed by atoms with Gasteiger partial charge in [0, 0.05) is 24.3 Å². The minimum absolute atomic E-state index is 0.190. The molecule has 0 aromatic carbocycles. The zero-order chi connectivity index (χ0) is 12.4. The molecule has 3 nitrogen and oxygen atoms in total. The largest absolute Gasteiger partial charge is 0.374 e.